The Hall–Kier alpha value is -7.42. The molecule has 0 saturated carbocycles. The number of hydrogen-bond acceptors (Lipinski definition) is 2. The molecule has 11 aromatic rings. The summed E-state index contributed by atoms with van der Waals surface area (Å²) in [6.07, 6.45) is 0. The molecule has 10 aromatic carbocycles. The number of nitrogens with zero attached hydrogens (tertiary/aromatic N) is 1. The minimum absolute atomic E-state index is 0.878. The van der Waals surface area contributed by atoms with Gasteiger partial charge in [-0.1, -0.05) is 164 Å². The Balaban J connectivity index is 1.19. The van der Waals surface area contributed by atoms with Crippen molar-refractivity contribution in [2.75, 3.05) is 4.90 Å². The second kappa shape index (κ2) is 13.2. The van der Waals surface area contributed by atoms with Crippen molar-refractivity contribution in [2.24, 2.45) is 0 Å². The third-order valence-corrected chi connectivity index (χ3v) is 11.2. The Bertz CT molecular complexity index is 3220. The van der Waals surface area contributed by atoms with Gasteiger partial charge in [-0.3, -0.25) is 0 Å². The molecule has 1 aromatic heterocycles. The van der Waals surface area contributed by atoms with Crippen LogP contribution >= 0.6 is 0 Å². The van der Waals surface area contributed by atoms with Crippen molar-refractivity contribution < 1.29 is 4.42 Å². The molecule has 0 bridgehead atoms. The second-order valence-electron chi connectivity index (χ2n) is 14.5. The molecule has 0 spiro atoms. The van der Waals surface area contributed by atoms with Crippen LogP contribution in [0, 0.1) is 0 Å². The van der Waals surface area contributed by atoms with Gasteiger partial charge in [-0.2, -0.15) is 0 Å². The quantitative estimate of drug-likeness (QED) is 0.160. The monoisotopic (exact) mass is 713 g/mol. The van der Waals surface area contributed by atoms with Crippen LogP contribution in [0.5, 0.6) is 0 Å². The van der Waals surface area contributed by atoms with E-state index in [4.69, 9.17) is 4.42 Å². The van der Waals surface area contributed by atoms with Crippen molar-refractivity contribution in [2.45, 2.75) is 0 Å². The molecular weight excluding hydrogens is 679 g/mol. The Morgan fingerprint density at radius 1 is 0.286 bits per heavy atom. The highest BCUT2D eigenvalue weighted by molar-refractivity contribution is 6.22. The summed E-state index contributed by atoms with van der Waals surface area (Å²) in [5, 5.41) is 9.43. The van der Waals surface area contributed by atoms with E-state index in [0.717, 1.165) is 44.4 Å². The van der Waals surface area contributed by atoms with Crippen molar-refractivity contribution in [1.82, 2.24) is 0 Å². The van der Waals surface area contributed by atoms with Crippen LogP contribution in [0.3, 0.4) is 0 Å². The smallest absolute Gasteiger partial charge is 0.143 e. The lowest BCUT2D eigenvalue weighted by atomic mass is 9.85. The molecule has 0 amide bonds. The summed E-state index contributed by atoms with van der Waals surface area (Å²) >= 11 is 0. The summed E-state index contributed by atoms with van der Waals surface area (Å²) in [6, 6.07) is 76.5. The fraction of sp³-hybridized carbons (Fsp3) is 0. The van der Waals surface area contributed by atoms with Gasteiger partial charge in [0.1, 0.15) is 11.2 Å². The molecule has 11 rings (SSSR count). The zero-order valence-electron chi connectivity index (χ0n) is 30.6. The third-order valence-electron chi connectivity index (χ3n) is 11.2. The first-order valence-corrected chi connectivity index (χ1v) is 19.2. The fourth-order valence-electron chi connectivity index (χ4n) is 8.64. The zero-order chi connectivity index (χ0) is 37.0. The Labute approximate surface area is 325 Å². The van der Waals surface area contributed by atoms with Crippen LogP contribution < -0.4 is 4.90 Å². The molecule has 56 heavy (non-hydrogen) atoms. The molecule has 1 heterocycles. The van der Waals surface area contributed by atoms with E-state index in [1.54, 1.807) is 0 Å². The van der Waals surface area contributed by atoms with Gasteiger partial charge in [0.05, 0.1) is 0 Å². The van der Waals surface area contributed by atoms with Crippen LogP contribution in [0.1, 0.15) is 0 Å². The maximum atomic E-state index is 6.58. The van der Waals surface area contributed by atoms with Gasteiger partial charge in [0, 0.05) is 33.2 Å². The fourth-order valence-corrected chi connectivity index (χ4v) is 8.64. The Morgan fingerprint density at radius 3 is 1.46 bits per heavy atom. The lowest BCUT2D eigenvalue weighted by Gasteiger charge is -2.27. The molecule has 262 valence electrons. The zero-order valence-corrected chi connectivity index (χ0v) is 30.6. The maximum Gasteiger partial charge on any atom is 0.143 e. The van der Waals surface area contributed by atoms with Crippen molar-refractivity contribution in [3.05, 3.63) is 212 Å². The first-order valence-electron chi connectivity index (χ1n) is 19.2. The van der Waals surface area contributed by atoms with E-state index in [-0.39, 0.29) is 0 Å². The van der Waals surface area contributed by atoms with Crippen LogP contribution in [0.4, 0.5) is 17.1 Å². The molecule has 0 aliphatic rings. The predicted octanol–water partition coefficient (Wildman–Crippen LogP) is 15.5. The number of rotatable bonds is 6. The van der Waals surface area contributed by atoms with Gasteiger partial charge in [0.2, 0.25) is 0 Å². The molecule has 0 unspecified atom stereocenters. The first-order chi connectivity index (χ1) is 27.8. The highest BCUT2D eigenvalue weighted by atomic mass is 16.3. The van der Waals surface area contributed by atoms with E-state index in [2.05, 4.69) is 217 Å². The predicted molar refractivity (Wildman–Crippen MR) is 237 cm³/mol. The number of hydrogen-bond donors (Lipinski definition) is 0. The van der Waals surface area contributed by atoms with Crippen LogP contribution in [-0.2, 0) is 0 Å². The first kappa shape index (κ1) is 32.0. The van der Waals surface area contributed by atoms with Crippen molar-refractivity contribution >= 4 is 71.3 Å². The van der Waals surface area contributed by atoms with E-state index >= 15 is 0 Å². The van der Waals surface area contributed by atoms with Gasteiger partial charge < -0.3 is 9.32 Å². The maximum absolute atomic E-state index is 6.58. The van der Waals surface area contributed by atoms with Crippen LogP contribution in [0.25, 0.3) is 87.6 Å². The molecule has 0 aliphatic carbocycles. The molecule has 0 fully saturated rings. The minimum Gasteiger partial charge on any atom is -0.455 e. The molecule has 0 saturated heterocycles. The van der Waals surface area contributed by atoms with E-state index in [1.807, 2.05) is 0 Å². The van der Waals surface area contributed by atoms with Crippen molar-refractivity contribution in [1.29, 1.82) is 0 Å². The molecule has 0 atom stereocenters. The van der Waals surface area contributed by atoms with E-state index in [1.165, 1.54) is 60.3 Å². The van der Waals surface area contributed by atoms with Crippen molar-refractivity contribution in [3.63, 3.8) is 0 Å². The number of anilines is 3. The van der Waals surface area contributed by atoms with Crippen molar-refractivity contribution in [3.8, 4) is 33.4 Å². The summed E-state index contributed by atoms with van der Waals surface area (Å²) in [4.78, 5) is 2.39. The highest BCUT2D eigenvalue weighted by Gasteiger charge is 2.21. The van der Waals surface area contributed by atoms with Gasteiger partial charge in [-0.25, -0.2) is 0 Å². The molecule has 2 heteroatoms. The van der Waals surface area contributed by atoms with Gasteiger partial charge in [0.25, 0.3) is 0 Å². The lowest BCUT2D eigenvalue weighted by molar-refractivity contribution is 0.672. The normalized spacial score (nSPS) is 11.6. The number of benzene rings is 10. The summed E-state index contributed by atoms with van der Waals surface area (Å²) in [7, 11) is 0. The van der Waals surface area contributed by atoms with Gasteiger partial charge in [-0.15, -0.1) is 0 Å². The second-order valence-corrected chi connectivity index (χ2v) is 14.5. The SMILES string of the molecule is c1ccc(-c2ccc(N(c3ccc4c(c3)c(-c3ccccc3)c(-c3ccccc3)c3ccccc34)c3ccc4oc5c6ccccc6ccc5c4c3)cc2)cc1. The van der Waals surface area contributed by atoms with Gasteiger partial charge in [-0.05, 0) is 109 Å². The molecule has 0 aliphatic heterocycles. The highest BCUT2D eigenvalue weighted by Crippen LogP contribution is 2.47. The average Bonchev–Trinajstić information content (AvgIpc) is 3.66. The summed E-state index contributed by atoms with van der Waals surface area (Å²) in [5.41, 5.74) is 12.3. The standard InChI is InChI=1S/C54H35NO/c1-4-14-36(15-5-1)37-24-27-41(28-25-37)55(43-30-33-51-49(34-43)48-31-26-38-16-10-11-21-44(38)54(48)56-51)42-29-32-46-45-22-12-13-23-47(45)52(39-17-6-2-7-18-39)53(50(46)35-42)40-19-8-3-9-20-40/h1-35H. The molecular formula is C54H35NO. The molecule has 0 radical (unpaired) electrons. The number of furan rings is 1. The third kappa shape index (κ3) is 5.26. The number of fused-ring (bicyclic) bond motifs is 8. The average molecular weight is 714 g/mol. The summed E-state index contributed by atoms with van der Waals surface area (Å²) < 4.78 is 6.58. The Morgan fingerprint density at radius 2 is 0.768 bits per heavy atom. The van der Waals surface area contributed by atoms with Gasteiger partial charge >= 0.3 is 0 Å². The molecule has 0 N–H and O–H groups in total. The van der Waals surface area contributed by atoms with Crippen LogP contribution in [-0.4, -0.2) is 0 Å². The van der Waals surface area contributed by atoms with E-state index in [0.29, 0.717) is 0 Å². The topological polar surface area (TPSA) is 16.4 Å². The Kier molecular flexibility index (Phi) is 7.53. The summed E-state index contributed by atoms with van der Waals surface area (Å²) in [5.74, 6) is 0. The minimum atomic E-state index is 0.878. The largest absolute Gasteiger partial charge is 0.455 e. The summed E-state index contributed by atoms with van der Waals surface area (Å²) in [6.45, 7) is 0. The van der Waals surface area contributed by atoms with Crippen LogP contribution in [0.2, 0.25) is 0 Å². The lowest BCUT2D eigenvalue weighted by Crippen LogP contribution is -2.10. The molecule has 2 nitrogen and oxygen atoms in total. The van der Waals surface area contributed by atoms with Crippen LogP contribution in [0.15, 0.2) is 217 Å². The van der Waals surface area contributed by atoms with E-state index in [9.17, 15) is 0 Å². The van der Waals surface area contributed by atoms with Gasteiger partial charge in [0.15, 0.2) is 0 Å². The van der Waals surface area contributed by atoms with E-state index < -0.39 is 0 Å².